The summed E-state index contributed by atoms with van der Waals surface area (Å²) in [6, 6.07) is 12.3. The van der Waals surface area contributed by atoms with Crippen LogP contribution >= 0.6 is 39.1 Å². The van der Waals surface area contributed by atoms with Gasteiger partial charge in [0.1, 0.15) is 0 Å². The molecule has 0 atom stereocenters. The highest BCUT2D eigenvalue weighted by molar-refractivity contribution is 9.10. The van der Waals surface area contributed by atoms with Gasteiger partial charge in [0.05, 0.1) is 10.7 Å². The second kappa shape index (κ2) is 7.12. The first-order valence-electron chi connectivity index (χ1n) is 6.16. The lowest BCUT2D eigenvalue weighted by molar-refractivity contribution is 0.104. The lowest BCUT2D eigenvalue weighted by Crippen LogP contribution is -2.01. The Balaban J connectivity index is 2.13. The molecule has 0 aliphatic heterocycles. The Bertz CT molecular complexity index is 696. The van der Waals surface area contributed by atoms with Crippen molar-refractivity contribution in [2.45, 2.75) is 6.92 Å². The number of carbonyl (C=O) groups is 1. The van der Waals surface area contributed by atoms with E-state index in [1.807, 2.05) is 19.1 Å². The van der Waals surface area contributed by atoms with Crippen molar-refractivity contribution < 1.29 is 4.79 Å². The average Bonchev–Trinajstić information content (AvgIpc) is 2.42. The number of anilines is 1. The Morgan fingerprint density at radius 1 is 1.14 bits per heavy atom. The van der Waals surface area contributed by atoms with Crippen molar-refractivity contribution in [1.82, 2.24) is 0 Å². The fourth-order valence-corrected chi connectivity index (χ4v) is 2.58. The third kappa shape index (κ3) is 4.60. The second-order valence-electron chi connectivity index (χ2n) is 4.45. The largest absolute Gasteiger partial charge is 0.358 e. The van der Waals surface area contributed by atoms with Crippen LogP contribution in [-0.2, 0) is 0 Å². The number of halogens is 3. The van der Waals surface area contributed by atoms with Crippen molar-refractivity contribution in [3.8, 4) is 0 Å². The van der Waals surface area contributed by atoms with Gasteiger partial charge in [-0.15, -0.1) is 0 Å². The van der Waals surface area contributed by atoms with Crippen LogP contribution in [0.25, 0.3) is 0 Å². The molecular formula is C16H12BrCl2NO. The van der Waals surface area contributed by atoms with E-state index in [-0.39, 0.29) is 5.78 Å². The van der Waals surface area contributed by atoms with Gasteiger partial charge in [-0.05, 0) is 49.4 Å². The fraction of sp³-hybridized carbons (Fsp3) is 0.0625. The van der Waals surface area contributed by atoms with Gasteiger partial charge in [-0.2, -0.15) is 0 Å². The number of carbonyl (C=O) groups excluding carboxylic acids is 1. The topological polar surface area (TPSA) is 29.1 Å². The second-order valence-corrected chi connectivity index (χ2v) is 6.21. The van der Waals surface area contributed by atoms with Crippen molar-refractivity contribution in [2.24, 2.45) is 0 Å². The summed E-state index contributed by atoms with van der Waals surface area (Å²) in [5.74, 6) is -0.0927. The van der Waals surface area contributed by atoms with E-state index in [0.29, 0.717) is 21.3 Å². The van der Waals surface area contributed by atoms with Crippen LogP contribution in [0, 0.1) is 0 Å². The number of allylic oxidation sites excluding steroid dienone is 2. The van der Waals surface area contributed by atoms with E-state index in [9.17, 15) is 4.79 Å². The summed E-state index contributed by atoms with van der Waals surface area (Å²) in [6.45, 7) is 1.81. The normalized spacial score (nSPS) is 11.3. The van der Waals surface area contributed by atoms with E-state index in [2.05, 4.69) is 21.2 Å². The monoisotopic (exact) mass is 383 g/mol. The van der Waals surface area contributed by atoms with E-state index < -0.39 is 0 Å². The first-order valence-corrected chi connectivity index (χ1v) is 7.71. The van der Waals surface area contributed by atoms with Crippen LogP contribution in [0.5, 0.6) is 0 Å². The zero-order chi connectivity index (χ0) is 15.4. The molecule has 2 aromatic rings. The Morgan fingerprint density at radius 2 is 1.81 bits per heavy atom. The zero-order valence-electron chi connectivity index (χ0n) is 11.2. The minimum absolute atomic E-state index is 0.0927. The minimum atomic E-state index is -0.0927. The number of ketones is 1. The van der Waals surface area contributed by atoms with Gasteiger partial charge in [-0.3, -0.25) is 4.79 Å². The molecule has 108 valence electrons. The van der Waals surface area contributed by atoms with Crippen molar-refractivity contribution >= 4 is 50.6 Å². The third-order valence-electron chi connectivity index (χ3n) is 2.74. The molecule has 0 spiro atoms. The highest BCUT2D eigenvalue weighted by Gasteiger charge is 2.05. The van der Waals surface area contributed by atoms with Crippen LogP contribution in [-0.4, -0.2) is 5.78 Å². The molecule has 0 aromatic heterocycles. The molecule has 21 heavy (non-hydrogen) atoms. The summed E-state index contributed by atoms with van der Waals surface area (Å²) in [4.78, 5) is 12.1. The van der Waals surface area contributed by atoms with Crippen LogP contribution in [0.4, 0.5) is 5.69 Å². The van der Waals surface area contributed by atoms with Gasteiger partial charge in [-0.1, -0.05) is 39.1 Å². The zero-order valence-corrected chi connectivity index (χ0v) is 14.3. The maximum Gasteiger partial charge on any atom is 0.187 e. The number of hydrogen-bond acceptors (Lipinski definition) is 2. The molecule has 0 radical (unpaired) electrons. The summed E-state index contributed by atoms with van der Waals surface area (Å²) in [5.41, 5.74) is 2.04. The number of benzene rings is 2. The first kappa shape index (κ1) is 16.1. The predicted molar refractivity (Wildman–Crippen MR) is 92.3 cm³/mol. The molecule has 0 amide bonds. The molecule has 5 heteroatoms. The summed E-state index contributed by atoms with van der Waals surface area (Å²) in [7, 11) is 0. The quantitative estimate of drug-likeness (QED) is 0.520. The third-order valence-corrected chi connectivity index (χ3v) is 3.80. The molecule has 0 unspecified atom stereocenters. The van der Waals surface area contributed by atoms with E-state index in [1.165, 1.54) is 6.08 Å². The van der Waals surface area contributed by atoms with E-state index in [0.717, 1.165) is 10.2 Å². The fourth-order valence-electron chi connectivity index (χ4n) is 1.73. The molecule has 0 fully saturated rings. The minimum Gasteiger partial charge on any atom is -0.358 e. The molecule has 0 saturated heterocycles. The Hall–Kier alpha value is -1.29. The van der Waals surface area contributed by atoms with Gasteiger partial charge < -0.3 is 5.32 Å². The summed E-state index contributed by atoms with van der Waals surface area (Å²) < 4.78 is 0.900. The van der Waals surface area contributed by atoms with Crippen molar-refractivity contribution in [3.05, 3.63) is 74.3 Å². The van der Waals surface area contributed by atoms with Crippen LogP contribution < -0.4 is 5.32 Å². The molecule has 0 bridgehead atoms. The summed E-state index contributed by atoms with van der Waals surface area (Å²) in [5, 5.41) is 4.29. The average molecular weight is 385 g/mol. The smallest absolute Gasteiger partial charge is 0.187 e. The van der Waals surface area contributed by atoms with Gasteiger partial charge in [0.2, 0.25) is 0 Å². The van der Waals surface area contributed by atoms with Gasteiger partial charge in [0.25, 0.3) is 0 Å². The number of nitrogens with one attached hydrogen (secondary N) is 1. The number of rotatable bonds is 4. The Labute approximate surface area is 141 Å². The van der Waals surface area contributed by atoms with Crippen LogP contribution in [0.15, 0.2) is 58.7 Å². The van der Waals surface area contributed by atoms with Gasteiger partial charge >= 0.3 is 0 Å². The van der Waals surface area contributed by atoms with Crippen LogP contribution in [0.1, 0.15) is 17.3 Å². The lowest BCUT2D eigenvalue weighted by Gasteiger charge is -2.09. The Morgan fingerprint density at radius 3 is 2.43 bits per heavy atom. The number of hydrogen-bond donors (Lipinski definition) is 1. The van der Waals surface area contributed by atoms with Crippen molar-refractivity contribution in [1.29, 1.82) is 0 Å². The molecule has 0 heterocycles. The van der Waals surface area contributed by atoms with Gasteiger partial charge in [-0.25, -0.2) is 0 Å². The van der Waals surface area contributed by atoms with Gasteiger partial charge in [0.15, 0.2) is 5.78 Å². The summed E-state index contributed by atoms with van der Waals surface area (Å²) >= 11 is 15.3. The van der Waals surface area contributed by atoms with Gasteiger partial charge in [0, 0.05) is 26.8 Å². The molecule has 2 nitrogen and oxygen atoms in total. The van der Waals surface area contributed by atoms with Crippen molar-refractivity contribution in [2.75, 3.05) is 5.32 Å². The molecule has 1 N–H and O–H groups in total. The molecular weight excluding hydrogens is 373 g/mol. The molecule has 0 aliphatic carbocycles. The maximum atomic E-state index is 12.1. The van der Waals surface area contributed by atoms with E-state index in [1.54, 1.807) is 30.3 Å². The molecule has 2 aromatic carbocycles. The first-order chi connectivity index (χ1) is 9.95. The Kier molecular flexibility index (Phi) is 5.45. The van der Waals surface area contributed by atoms with E-state index >= 15 is 0 Å². The highest BCUT2D eigenvalue weighted by atomic mass is 79.9. The molecule has 0 saturated carbocycles. The summed E-state index contributed by atoms with van der Waals surface area (Å²) in [6.07, 6.45) is 1.53. The van der Waals surface area contributed by atoms with E-state index in [4.69, 9.17) is 23.2 Å². The van der Waals surface area contributed by atoms with Crippen molar-refractivity contribution in [3.63, 3.8) is 0 Å². The SMILES string of the molecule is C/C(=C\C(=O)c1ccc(Cl)cc1)Nc1ccc(Br)cc1Cl. The van der Waals surface area contributed by atoms with Crippen LogP contribution in [0.3, 0.4) is 0 Å². The lowest BCUT2D eigenvalue weighted by atomic mass is 10.1. The highest BCUT2D eigenvalue weighted by Crippen LogP contribution is 2.26. The molecule has 0 aliphatic rings. The predicted octanol–water partition coefficient (Wildman–Crippen LogP) is 5.95. The maximum absolute atomic E-state index is 12.1. The van der Waals surface area contributed by atoms with Crippen LogP contribution in [0.2, 0.25) is 10.0 Å². The standard InChI is InChI=1S/C16H12BrCl2NO/c1-10(20-15-7-4-12(17)9-14(15)19)8-16(21)11-2-5-13(18)6-3-11/h2-9,20H,1H3/b10-8+. The molecule has 2 rings (SSSR count).